The molecule has 88 valence electrons. The number of ether oxygens (including phenoxy) is 1. The van der Waals surface area contributed by atoms with E-state index in [-0.39, 0.29) is 0 Å². The summed E-state index contributed by atoms with van der Waals surface area (Å²) in [7, 11) is 1.58. The second-order valence-corrected chi connectivity index (χ2v) is 4.44. The summed E-state index contributed by atoms with van der Waals surface area (Å²) in [4.78, 5) is 5.42. The van der Waals surface area contributed by atoms with Crippen molar-refractivity contribution in [1.29, 1.82) is 0 Å². The van der Waals surface area contributed by atoms with Gasteiger partial charge in [-0.1, -0.05) is 0 Å². The summed E-state index contributed by atoms with van der Waals surface area (Å²) in [6.07, 6.45) is 3.51. The Morgan fingerprint density at radius 2 is 2.56 bits per heavy atom. The third kappa shape index (κ3) is 2.79. The Morgan fingerprint density at radius 3 is 3.31 bits per heavy atom. The predicted molar refractivity (Wildman–Crippen MR) is 62.7 cm³/mol. The lowest BCUT2D eigenvalue weighted by Crippen LogP contribution is -2.29. The average Bonchev–Trinajstić information content (AvgIpc) is 2.78. The topological polar surface area (TPSA) is 58.8 Å². The highest BCUT2D eigenvalue weighted by Gasteiger charge is 2.04. The molecule has 0 spiro atoms. The van der Waals surface area contributed by atoms with Gasteiger partial charge in [-0.05, 0) is 0 Å². The van der Waals surface area contributed by atoms with Crippen LogP contribution in [-0.2, 0) is 11.3 Å². The number of nitrogens with one attached hydrogen (secondary N) is 1. The lowest BCUT2D eigenvalue weighted by Gasteiger charge is -2.09. The van der Waals surface area contributed by atoms with E-state index in [4.69, 9.17) is 4.74 Å². The van der Waals surface area contributed by atoms with Crippen LogP contribution in [-0.4, -0.2) is 40.9 Å². The fraction of sp³-hybridized carbons (Fsp3) is 0.500. The first-order chi connectivity index (χ1) is 7.79. The van der Waals surface area contributed by atoms with Gasteiger partial charge in [0, 0.05) is 38.0 Å². The highest BCUT2D eigenvalue weighted by molar-refractivity contribution is 7.15. The Balaban J connectivity index is 1.80. The zero-order chi connectivity index (χ0) is 11.4. The molecule has 0 saturated carbocycles. The molecule has 0 aliphatic carbocycles. The van der Waals surface area contributed by atoms with E-state index in [2.05, 4.69) is 10.3 Å². The van der Waals surface area contributed by atoms with Crippen molar-refractivity contribution >= 4 is 16.3 Å². The minimum absolute atomic E-state index is 0.352. The molecule has 2 heterocycles. The molecule has 0 amide bonds. The molecule has 2 rings (SSSR count). The van der Waals surface area contributed by atoms with Crippen molar-refractivity contribution in [1.82, 2.24) is 14.7 Å². The van der Waals surface area contributed by atoms with Crippen LogP contribution in [0.2, 0.25) is 0 Å². The lowest BCUT2D eigenvalue weighted by atomic mass is 10.3. The van der Waals surface area contributed by atoms with Gasteiger partial charge >= 0.3 is 0 Å². The number of hydrogen-bond donors (Lipinski definition) is 2. The Bertz CT molecular complexity index is 411. The molecule has 0 saturated heterocycles. The van der Waals surface area contributed by atoms with Gasteiger partial charge in [-0.15, -0.1) is 11.3 Å². The molecule has 16 heavy (non-hydrogen) atoms. The van der Waals surface area contributed by atoms with E-state index < -0.39 is 6.10 Å². The highest BCUT2D eigenvalue weighted by atomic mass is 32.1. The molecule has 0 bridgehead atoms. The van der Waals surface area contributed by atoms with Gasteiger partial charge in [0.05, 0.1) is 18.4 Å². The van der Waals surface area contributed by atoms with Crippen molar-refractivity contribution in [2.24, 2.45) is 0 Å². The third-order valence-corrected chi connectivity index (χ3v) is 2.96. The maximum atomic E-state index is 9.42. The van der Waals surface area contributed by atoms with Crippen molar-refractivity contribution in [2.45, 2.75) is 12.6 Å². The number of hydrogen-bond acceptors (Lipinski definition) is 5. The fourth-order valence-electron chi connectivity index (χ4n) is 1.48. The van der Waals surface area contributed by atoms with Crippen LogP contribution in [0.5, 0.6) is 0 Å². The first-order valence-corrected chi connectivity index (χ1v) is 5.96. The summed E-state index contributed by atoms with van der Waals surface area (Å²) in [6.45, 7) is 1.53. The van der Waals surface area contributed by atoms with Crippen molar-refractivity contribution in [3.63, 3.8) is 0 Å². The Labute approximate surface area is 97.7 Å². The van der Waals surface area contributed by atoms with E-state index in [0.29, 0.717) is 19.7 Å². The average molecular weight is 241 g/mol. The quantitative estimate of drug-likeness (QED) is 0.773. The SMILES string of the molecule is COCC(O)CNCc1cn2ccsc2n1. The summed E-state index contributed by atoms with van der Waals surface area (Å²) < 4.78 is 6.83. The van der Waals surface area contributed by atoms with Crippen LogP contribution >= 0.6 is 11.3 Å². The van der Waals surface area contributed by atoms with Crippen molar-refractivity contribution in [3.8, 4) is 0 Å². The molecule has 2 aromatic rings. The largest absolute Gasteiger partial charge is 0.389 e. The van der Waals surface area contributed by atoms with Crippen LogP contribution in [0.3, 0.4) is 0 Å². The number of methoxy groups -OCH3 is 1. The number of fused-ring (bicyclic) bond motifs is 1. The fourth-order valence-corrected chi connectivity index (χ4v) is 2.20. The predicted octanol–water partition coefficient (Wildman–Crippen LogP) is 0.493. The molecule has 2 aromatic heterocycles. The van der Waals surface area contributed by atoms with E-state index in [1.807, 2.05) is 22.2 Å². The number of rotatable bonds is 6. The molecule has 5 nitrogen and oxygen atoms in total. The number of nitrogens with zero attached hydrogens (tertiary/aromatic N) is 2. The zero-order valence-electron chi connectivity index (χ0n) is 9.09. The standard InChI is InChI=1S/C10H15N3O2S/c1-15-7-9(14)5-11-4-8-6-13-2-3-16-10(13)12-8/h2-3,6,9,11,14H,4-5,7H2,1H3. The molecule has 1 atom stereocenters. The van der Waals surface area contributed by atoms with E-state index in [1.54, 1.807) is 18.4 Å². The molecule has 2 N–H and O–H groups in total. The van der Waals surface area contributed by atoms with Gasteiger partial charge in [-0.3, -0.25) is 4.40 Å². The number of imidazole rings is 1. The maximum absolute atomic E-state index is 9.42. The molecular weight excluding hydrogens is 226 g/mol. The minimum atomic E-state index is -0.464. The van der Waals surface area contributed by atoms with Crippen LogP contribution in [0.4, 0.5) is 0 Å². The van der Waals surface area contributed by atoms with Gasteiger partial charge in [-0.2, -0.15) is 0 Å². The molecule has 0 fully saturated rings. The smallest absolute Gasteiger partial charge is 0.193 e. The number of aliphatic hydroxyl groups excluding tert-OH is 1. The number of aromatic nitrogens is 2. The van der Waals surface area contributed by atoms with Crippen molar-refractivity contribution in [2.75, 3.05) is 20.3 Å². The second-order valence-electron chi connectivity index (χ2n) is 3.57. The van der Waals surface area contributed by atoms with E-state index in [1.165, 1.54) is 0 Å². The zero-order valence-corrected chi connectivity index (χ0v) is 9.91. The van der Waals surface area contributed by atoms with Gasteiger partial charge in [0.2, 0.25) is 0 Å². The van der Waals surface area contributed by atoms with Crippen LogP contribution in [0, 0.1) is 0 Å². The molecule has 6 heteroatoms. The third-order valence-electron chi connectivity index (χ3n) is 2.19. The molecule has 0 aliphatic heterocycles. The minimum Gasteiger partial charge on any atom is -0.389 e. The molecule has 0 aromatic carbocycles. The van der Waals surface area contributed by atoms with Gasteiger partial charge in [0.15, 0.2) is 4.96 Å². The summed E-state index contributed by atoms with van der Waals surface area (Å²) in [5, 5.41) is 14.6. The first-order valence-electron chi connectivity index (χ1n) is 5.08. The first kappa shape index (κ1) is 11.5. The van der Waals surface area contributed by atoms with E-state index in [9.17, 15) is 5.11 Å². The Morgan fingerprint density at radius 1 is 1.69 bits per heavy atom. The number of thiazole rings is 1. The monoisotopic (exact) mass is 241 g/mol. The molecule has 0 aliphatic rings. The molecule has 1 unspecified atom stereocenters. The highest BCUT2D eigenvalue weighted by Crippen LogP contribution is 2.10. The normalized spacial score (nSPS) is 13.4. The molecule has 0 radical (unpaired) electrons. The van der Waals surface area contributed by atoms with Gasteiger partial charge in [0.1, 0.15) is 0 Å². The number of aliphatic hydroxyl groups is 1. The summed E-state index contributed by atoms with van der Waals surface area (Å²) in [6, 6.07) is 0. The van der Waals surface area contributed by atoms with Crippen LogP contribution in [0.25, 0.3) is 4.96 Å². The van der Waals surface area contributed by atoms with Gasteiger partial charge in [-0.25, -0.2) is 4.98 Å². The maximum Gasteiger partial charge on any atom is 0.193 e. The van der Waals surface area contributed by atoms with E-state index in [0.717, 1.165) is 10.7 Å². The van der Waals surface area contributed by atoms with Crippen LogP contribution in [0.15, 0.2) is 17.8 Å². The van der Waals surface area contributed by atoms with Crippen LogP contribution < -0.4 is 5.32 Å². The lowest BCUT2D eigenvalue weighted by molar-refractivity contribution is 0.0643. The van der Waals surface area contributed by atoms with Gasteiger partial charge < -0.3 is 15.2 Å². The molecular formula is C10H15N3O2S. The van der Waals surface area contributed by atoms with Gasteiger partial charge in [0.25, 0.3) is 0 Å². The van der Waals surface area contributed by atoms with Crippen molar-refractivity contribution in [3.05, 3.63) is 23.5 Å². The second kappa shape index (κ2) is 5.40. The Hall–Kier alpha value is -0.950. The summed E-state index contributed by atoms with van der Waals surface area (Å²) >= 11 is 1.61. The summed E-state index contributed by atoms with van der Waals surface area (Å²) in [5.74, 6) is 0. The van der Waals surface area contributed by atoms with E-state index >= 15 is 0 Å². The Kier molecular flexibility index (Phi) is 3.89. The van der Waals surface area contributed by atoms with Crippen LogP contribution in [0.1, 0.15) is 5.69 Å². The summed E-state index contributed by atoms with van der Waals surface area (Å²) in [5.41, 5.74) is 0.983. The van der Waals surface area contributed by atoms with Crippen molar-refractivity contribution < 1.29 is 9.84 Å².